The average molecular weight is 241 g/mol. The lowest BCUT2D eigenvalue weighted by Gasteiger charge is -2.34. The van der Waals surface area contributed by atoms with Crippen LogP contribution in [0.3, 0.4) is 0 Å². The fraction of sp³-hybridized carbons (Fsp3) is 0.800. The normalized spacial score (nSPS) is 25.2. The molecule has 5 nitrogen and oxygen atoms in total. The molecule has 0 atom stereocenters. The van der Waals surface area contributed by atoms with Gasteiger partial charge in [-0.05, 0) is 12.8 Å². The molecule has 1 N–H and O–H groups in total. The first kappa shape index (κ1) is 10.6. The van der Waals surface area contributed by atoms with Gasteiger partial charge in [0.05, 0.1) is 13.2 Å². The summed E-state index contributed by atoms with van der Waals surface area (Å²) in [6, 6.07) is 0. The van der Waals surface area contributed by atoms with Gasteiger partial charge in [0.15, 0.2) is 10.9 Å². The Morgan fingerprint density at radius 3 is 2.69 bits per heavy atom. The molecule has 0 unspecified atom stereocenters. The van der Waals surface area contributed by atoms with Crippen LogP contribution >= 0.6 is 11.8 Å². The predicted molar refractivity (Wildman–Crippen MR) is 59.1 cm³/mol. The average Bonchev–Trinajstić information content (AvgIpc) is 2.94. The predicted octanol–water partition coefficient (Wildman–Crippen LogP) is 1.58. The molecule has 1 aliphatic heterocycles. The highest BCUT2D eigenvalue weighted by Crippen LogP contribution is 2.40. The van der Waals surface area contributed by atoms with E-state index in [1.54, 1.807) is 18.1 Å². The Balaban J connectivity index is 1.54. The largest absolute Gasteiger partial charge is 0.348 e. The summed E-state index contributed by atoms with van der Waals surface area (Å²) in [5.41, 5.74) is 0. The van der Waals surface area contributed by atoms with Crippen LogP contribution in [-0.2, 0) is 9.47 Å². The third kappa shape index (κ3) is 2.09. The van der Waals surface area contributed by atoms with Crippen LogP contribution in [0.4, 0.5) is 0 Å². The van der Waals surface area contributed by atoms with Crippen LogP contribution in [0.15, 0.2) is 11.5 Å². The standard InChI is InChI=1S/C10H15N3O2S/c1-3-10(14-5-6-15-10)4-2-8(1)16-9-11-7-12-13-9/h7-8H,1-6H2,(H,11,12,13). The van der Waals surface area contributed by atoms with E-state index < -0.39 is 0 Å². The lowest BCUT2D eigenvalue weighted by atomic mass is 9.94. The maximum atomic E-state index is 5.70. The molecule has 0 radical (unpaired) electrons. The number of aromatic amines is 1. The van der Waals surface area contributed by atoms with E-state index in [1.165, 1.54) is 0 Å². The molecule has 1 aromatic rings. The minimum atomic E-state index is -0.252. The van der Waals surface area contributed by atoms with Gasteiger partial charge in [0.25, 0.3) is 0 Å². The zero-order valence-electron chi connectivity index (χ0n) is 9.02. The smallest absolute Gasteiger partial charge is 0.183 e. The zero-order chi connectivity index (χ0) is 10.8. The molecule has 0 amide bonds. The number of hydrogen-bond donors (Lipinski definition) is 1. The summed E-state index contributed by atoms with van der Waals surface area (Å²) in [5, 5.41) is 8.25. The molecular formula is C10H15N3O2S. The Kier molecular flexibility index (Phi) is 2.87. The Morgan fingerprint density at radius 2 is 2.06 bits per heavy atom. The van der Waals surface area contributed by atoms with Crippen LogP contribution in [0, 0.1) is 0 Å². The summed E-state index contributed by atoms with van der Waals surface area (Å²) in [4.78, 5) is 4.13. The van der Waals surface area contributed by atoms with Crippen molar-refractivity contribution in [3.8, 4) is 0 Å². The van der Waals surface area contributed by atoms with Crippen molar-refractivity contribution in [1.82, 2.24) is 15.2 Å². The lowest BCUT2D eigenvalue weighted by Crippen LogP contribution is -2.35. The van der Waals surface area contributed by atoms with E-state index in [9.17, 15) is 0 Å². The van der Waals surface area contributed by atoms with Crippen LogP contribution in [0.5, 0.6) is 0 Å². The number of thioether (sulfide) groups is 1. The minimum Gasteiger partial charge on any atom is -0.348 e. The van der Waals surface area contributed by atoms with E-state index in [1.807, 2.05) is 0 Å². The molecule has 3 rings (SSSR count). The highest BCUT2D eigenvalue weighted by atomic mass is 32.2. The molecule has 2 fully saturated rings. The SMILES string of the molecule is c1n[nH]c(SC2CCC3(CC2)OCCO3)n1. The maximum absolute atomic E-state index is 5.70. The molecule has 6 heteroatoms. The zero-order valence-corrected chi connectivity index (χ0v) is 9.83. The number of H-pyrrole nitrogens is 1. The van der Waals surface area contributed by atoms with E-state index in [0.717, 1.165) is 44.1 Å². The third-order valence-corrected chi connectivity index (χ3v) is 4.40. The van der Waals surface area contributed by atoms with Gasteiger partial charge in [-0.25, -0.2) is 4.98 Å². The van der Waals surface area contributed by atoms with Crippen molar-refractivity contribution in [2.75, 3.05) is 13.2 Å². The van der Waals surface area contributed by atoms with Crippen molar-refractivity contribution in [3.63, 3.8) is 0 Å². The van der Waals surface area contributed by atoms with Crippen molar-refractivity contribution >= 4 is 11.8 Å². The highest BCUT2D eigenvalue weighted by Gasteiger charge is 2.40. The van der Waals surface area contributed by atoms with Gasteiger partial charge in [0, 0.05) is 18.1 Å². The van der Waals surface area contributed by atoms with E-state index in [4.69, 9.17) is 9.47 Å². The lowest BCUT2D eigenvalue weighted by molar-refractivity contribution is -0.175. The summed E-state index contributed by atoms with van der Waals surface area (Å²) in [6.07, 6.45) is 5.78. The van der Waals surface area contributed by atoms with Crippen molar-refractivity contribution in [2.24, 2.45) is 0 Å². The van der Waals surface area contributed by atoms with Gasteiger partial charge < -0.3 is 9.47 Å². The minimum absolute atomic E-state index is 0.252. The molecule has 1 aromatic heterocycles. The summed E-state index contributed by atoms with van der Waals surface area (Å²) < 4.78 is 11.4. The van der Waals surface area contributed by atoms with Gasteiger partial charge in [0.2, 0.25) is 0 Å². The molecular weight excluding hydrogens is 226 g/mol. The maximum Gasteiger partial charge on any atom is 0.183 e. The van der Waals surface area contributed by atoms with E-state index in [-0.39, 0.29) is 5.79 Å². The van der Waals surface area contributed by atoms with Crippen molar-refractivity contribution in [2.45, 2.75) is 41.9 Å². The summed E-state index contributed by atoms with van der Waals surface area (Å²) >= 11 is 1.77. The quantitative estimate of drug-likeness (QED) is 0.852. The van der Waals surface area contributed by atoms with Crippen LogP contribution in [0.1, 0.15) is 25.7 Å². The fourth-order valence-corrected chi connectivity index (χ4v) is 3.34. The highest BCUT2D eigenvalue weighted by molar-refractivity contribution is 7.99. The molecule has 0 aromatic carbocycles. The molecule has 2 heterocycles. The monoisotopic (exact) mass is 241 g/mol. The van der Waals surface area contributed by atoms with Crippen LogP contribution in [0.25, 0.3) is 0 Å². The number of ether oxygens (including phenoxy) is 2. The van der Waals surface area contributed by atoms with Crippen molar-refractivity contribution in [3.05, 3.63) is 6.33 Å². The van der Waals surface area contributed by atoms with E-state index in [2.05, 4.69) is 15.2 Å². The molecule has 1 spiro atoms. The van der Waals surface area contributed by atoms with Crippen LogP contribution in [-0.4, -0.2) is 39.4 Å². The first-order valence-corrected chi connectivity index (χ1v) is 6.54. The topological polar surface area (TPSA) is 60.0 Å². The first-order chi connectivity index (χ1) is 7.86. The first-order valence-electron chi connectivity index (χ1n) is 5.66. The molecule has 0 bridgehead atoms. The molecule has 1 saturated heterocycles. The van der Waals surface area contributed by atoms with Gasteiger partial charge in [-0.3, -0.25) is 5.10 Å². The second-order valence-corrected chi connectivity index (χ2v) is 5.50. The molecule has 1 saturated carbocycles. The summed E-state index contributed by atoms with van der Waals surface area (Å²) in [6.45, 7) is 1.50. The number of nitrogens with zero attached hydrogens (tertiary/aromatic N) is 2. The van der Waals surface area contributed by atoms with Gasteiger partial charge in [-0.2, -0.15) is 5.10 Å². The van der Waals surface area contributed by atoms with E-state index >= 15 is 0 Å². The van der Waals surface area contributed by atoms with Crippen molar-refractivity contribution in [1.29, 1.82) is 0 Å². The van der Waals surface area contributed by atoms with Gasteiger partial charge in [-0.15, -0.1) is 0 Å². The molecule has 2 aliphatic rings. The second-order valence-electron chi connectivity index (χ2n) is 4.22. The van der Waals surface area contributed by atoms with Gasteiger partial charge >= 0.3 is 0 Å². The van der Waals surface area contributed by atoms with Gasteiger partial charge in [0.1, 0.15) is 6.33 Å². The third-order valence-electron chi connectivity index (χ3n) is 3.18. The summed E-state index contributed by atoms with van der Waals surface area (Å²) in [5.74, 6) is -0.252. The summed E-state index contributed by atoms with van der Waals surface area (Å²) in [7, 11) is 0. The molecule has 88 valence electrons. The number of rotatable bonds is 2. The van der Waals surface area contributed by atoms with Gasteiger partial charge in [-0.1, -0.05) is 11.8 Å². The number of aromatic nitrogens is 3. The Labute approximate surface area is 98.3 Å². The van der Waals surface area contributed by atoms with Crippen LogP contribution < -0.4 is 0 Å². The Bertz CT molecular complexity index is 328. The Morgan fingerprint density at radius 1 is 1.31 bits per heavy atom. The fourth-order valence-electron chi connectivity index (χ4n) is 2.34. The second kappa shape index (κ2) is 4.35. The number of nitrogens with one attached hydrogen (secondary N) is 1. The Hall–Kier alpha value is -0.590. The van der Waals surface area contributed by atoms with Crippen LogP contribution in [0.2, 0.25) is 0 Å². The van der Waals surface area contributed by atoms with Crippen molar-refractivity contribution < 1.29 is 9.47 Å². The number of hydrogen-bond acceptors (Lipinski definition) is 5. The van der Waals surface area contributed by atoms with E-state index in [0.29, 0.717) is 5.25 Å². The molecule has 16 heavy (non-hydrogen) atoms. The molecule has 1 aliphatic carbocycles.